The first-order chi connectivity index (χ1) is 18.4. The highest BCUT2D eigenvalue weighted by Crippen LogP contribution is 2.50. The van der Waals surface area contributed by atoms with Gasteiger partial charge < -0.3 is 24.3 Å². The minimum absolute atomic E-state index is 0.111. The standard InChI is InChI=1S/C26H25N5O7/c1-35-22-10-7-16-17(13-21(22)32)18(28-19-9-6-15(29-30-27)12-20(19)31(33)34)8-5-14-11-23(36-2)25(37-3)26(38-4)24(14)16/h6-7,9-13,18,28H,5,8H2,1-4H3/t18-/m0/s1. The molecule has 0 unspecified atom stereocenters. The summed E-state index contributed by atoms with van der Waals surface area (Å²) in [6.07, 6.45) is 0.998. The zero-order valence-corrected chi connectivity index (χ0v) is 21.2. The number of nitrogens with one attached hydrogen (secondary N) is 1. The number of methoxy groups -OCH3 is 4. The molecule has 0 bridgehead atoms. The lowest BCUT2D eigenvalue weighted by Crippen LogP contribution is -2.14. The van der Waals surface area contributed by atoms with E-state index in [4.69, 9.17) is 24.5 Å². The third-order valence-corrected chi connectivity index (χ3v) is 6.39. The van der Waals surface area contributed by atoms with Crippen molar-refractivity contribution in [1.82, 2.24) is 0 Å². The van der Waals surface area contributed by atoms with E-state index < -0.39 is 11.0 Å². The summed E-state index contributed by atoms with van der Waals surface area (Å²) in [7, 11) is 5.98. The molecule has 196 valence electrons. The topological polar surface area (TPSA) is 158 Å². The molecule has 1 aliphatic carbocycles. The number of nitro groups is 1. The lowest BCUT2D eigenvalue weighted by molar-refractivity contribution is -0.383. The molecule has 0 amide bonds. The van der Waals surface area contributed by atoms with E-state index in [1.54, 1.807) is 12.1 Å². The van der Waals surface area contributed by atoms with Crippen molar-refractivity contribution in [2.75, 3.05) is 33.8 Å². The highest BCUT2D eigenvalue weighted by Gasteiger charge is 2.30. The smallest absolute Gasteiger partial charge is 0.292 e. The Bertz CT molecular complexity index is 1520. The number of fused-ring (bicyclic) bond motifs is 3. The van der Waals surface area contributed by atoms with Gasteiger partial charge in [0.15, 0.2) is 17.2 Å². The number of anilines is 1. The van der Waals surface area contributed by atoms with Crippen LogP contribution < -0.4 is 29.7 Å². The summed E-state index contributed by atoms with van der Waals surface area (Å²) in [6, 6.07) is 10.3. The predicted octanol–water partition coefficient (Wildman–Crippen LogP) is 5.70. The summed E-state index contributed by atoms with van der Waals surface area (Å²) in [4.78, 5) is 27.0. The maximum absolute atomic E-state index is 13.0. The van der Waals surface area contributed by atoms with Crippen LogP contribution in [0.1, 0.15) is 23.6 Å². The molecule has 4 rings (SSSR count). The Hall–Kier alpha value is -4.96. The minimum atomic E-state index is -0.559. The van der Waals surface area contributed by atoms with Gasteiger partial charge in [-0.2, -0.15) is 0 Å². The van der Waals surface area contributed by atoms with Gasteiger partial charge in [-0.05, 0) is 59.3 Å². The van der Waals surface area contributed by atoms with E-state index in [2.05, 4.69) is 15.3 Å². The Balaban J connectivity index is 1.98. The Morgan fingerprint density at radius 3 is 2.37 bits per heavy atom. The summed E-state index contributed by atoms with van der Waals surface area (Å²) >= 11 is 0. The van der Waals surface area contributed by atoms with Crippen molar-refractivity contribution in [3.05, 3.63) is 84.4 Å². The lowest BCUT2D eigenvalue weighted by atomic mass is 9.95. The van der Waals surface area contributed by atoms with Gasteiger partial charge >= 0.3 is 0 Å². The highest BCUT2D eigenvalue weighted by atomic mass is 16.6. The molecular formula is C26H25N5O7. The van der Waals surface area contributed by atoms with Gasteiger partial charge in [-0.3, -0.25) is 14.9 Å². The molecule has 0 radical (unpaired) electrons. The van der Waals surface area contributed by atoms with Crippen LogP contribution in [0, 0.1) is 10.1 Å². The van der Waals surface area contributed by atoms with Crippen LogP contribution in [0.5, 0.6) is 23.0 Å². The molecule has 0 saturated heterocycles. The van der Waals surface area contributed by atoms with Crippen LogP contribution in [-0.2, 0) is 6.42 Å². The number of hydrogen-bond acceptors (Lipinski definition) is 9. The van der Waals surface area contributed by atoms with Gasteiger partial charge in [0.1, 0.15) is 5.69 Å². The first-order valence-corrected chi connectivity index (χ1v) is 11.5. The van der Waals surface area contributed by atoms with E-state index in [-0.39, 0.29) is 28.2 Å². The van der Waals surface area contributed by atoms with Crippen molar-refractivity contribution in [3.63, 3.8) is 0 Å². The molecule has 12 heteroatoms. The van der Waals surface area contributed by atoms with Crippen LogP contribution in [0.15, 0.2) is 52.4 Å². The average molecular weight is 520 g/mol. The molecule has 0 aromatic heterocycles. The summed E-state index contributed by atoms with van der Waals surface area (Å²) in [5, 5.41) is 18.6. The minimum Gasteiger partial charge on any atom is -0.493 e. The fourth-order valence-electron chi connectivity index (χ4n) is 4.71. The van der Waals surface area contributed by atoms with E-state index in [0.29, 0.717) is 41.2 Å². The molecule has 1 aliphatic rings. The summed E-state index contributed by atoms with van der Waals surface area (Å²) in [5.74, 6) is 1.47. The van der Waals surface area contributed by atoms with Gasteiger partial charge in [-0.25, -0.2) is 0 Å². The maximum atomic E-state index is 13.0. The molecule has 1 atom stereocenters. The van der Waals surface area contributed by atoms with Crippen molar-refractivity contribution < 1.29 is 23.9 Å². The second kappa shape index (κ2) is 11.0. The molecule has 0 heterocycles. The van der Waals surface area contributed by atoms with Crippen molar-refractivity contribution in [1.29, 1.82) is 0 Å². The zero-order chi connectivity index (χ0) is 27.4. The molecule has 12 nitrogen and oxygen atoms in total. The first-order valence-electron chi connectivity index (χ1n) is 11.5. The number of azide groups is 1. The Morgan fingerprint density at radius 2 is 1.74 bits per heavy atom. The van der Waals surface area contributed by atoms with Gasteiger partial charge in [-0.15, -0.1) is 0 Å². The first kappa shape index (κ1) is 26.1. The van der Waals surface area contributed by atoms with Gasteiger partial charge in [0.25, 0.3) is 5.69 Å². The van der Waals surface area contributed by atoms with Gasteiger partial charge in [0.2, 0.25) is 11.2 Å². The second-order valence-electron chi connectivity index (χ2n) is 8.34. The van der Waals surface area contributed by atoms with Crippen molar-refractivity contribution in [2.24, 2.45) is 5.11 Å². The van der Waals surface area contributed by atoms with Crippen molar-refractivity contribution in [3.8, 4) is 34.1 Å². The van der Waals surface area contributed by atoms with Crippen LogP contribution in [0.3, 0.4) is 0 Å². The average Bonchev–Trinajstić information content (AvgIpc) is 3.16. The Labute approximate surface area is 217 Å². The number of nitrogens with zero attached hydrogens (tertiary/aromatic N) is 4. The van der Waals surface area contributed by atoms with Crippen LogP contribution in [0.4, 0.5) is 17.1 Å². The monoisotopic (exact) mass is 519 g/mol. The van der Waals surface area contributed by atoms with E-state index >= 15 is 0 Å². The highest BCUT2D eigenvalue weighted by molar-refractivity contribution is 5.83. The number of nitro benzene ring substituents is 1. The summed E-state index contributed by atoms with van der Waals surface area (Å²) in [6.45, 7) is 0. The molecule has 3 aromatic carbocycles. The van der Waals surface area contributed by atoms with Crippen LogP contribution in [0.25, 0.3) is 21.6 Å². The van der Waals surface area contributed by atoms with Crippen LogP contribution in [0.2, 0.25) is 0 Å². The van der Waals surface area contributed by atoms with Gasteiger partial charge in [0.05, 0.1) is 39.4 Å². The fraction of sp³-hybridized carbons (Fsp3) is 0.269. The van der Waals surface area contributed by atoms with E-state index in [1.165, 1.54) is 52.7 Å². The predicted molar refractivity (Wildman–Crippen MR) is 141 cm³/mol. The van der Waals surface area contributed by atoms with Gasteiger partial charge in [0, 0.05) is 22.2 Å². The quantitative estimate of drug-likeness (QED) is 0.130. The molecule has 0 aliphatic heterocycles. The number of benzene rings is 2. The maximum Gasteiger partial charge on any atom is 0.292 e. The second-order valence-corrected chi connectivity index (χ2v) is 8.34. The lowest BCUT2D eigenvalue weighted by Gasteiger charge is -2.20. The van der Waals surface area contributed by atoms with Crippen LogP contribution >= 0.6 is 0 Å². The normalized spacial score (nSPS) is 13.6. The molecule has 0 fully saturated rings. The van der Waals surface area contributed by atoms with Crippen molar-refractivity contribution in [2.45, 2.75) is 18.9 Å². The summed E-state index contributed by atoms with van der Waals surface area (Å²) < 4.78 is 22.2. The number of aryl methyl sites for hydroxylation is 1. The zero-order valence-electron chi connectivity index (χ0n) is 21.2. The summed E-state index contributed by atoms with van der Waals surface area (Å²) in [5.41, 5.74) is 11.3. The molecule has 0 saturated carbocycles. The third kappa shape index (κ3) is 4.72. The van der Waals surface area contributed by atoms with E-state index in [9.17, 15) is 14.9 Å². The largest absolute Gasteiger partial charge is 0.493 e. The van der Waals surface area contributed by atoms with Crippen molar-refractivity contribution >= 4 is 17.1 Å². The molecule has 3 aromatic rings. The van der Waals surface area contributed by atoms with E-state index in [0.717, 1.165) is 11.1 Å². The number of hydrogen-bond donors (Lipinski definition) is 1. The van der Waals surface area contributed by atoms with E-state index in [1.807, 2.05) is 6.07 Å². The number of rotatable bonds is 8. The SMILES string of the molecule is COc1cc2c(c(OC)c1OC)-c1ccc(OC)c(=O)cc1[C@@H](Nc1ccc(N=[N+]=[N-])cc1[N+](=O)[O-])CC2. The molecular weight excluding hydrogens is 494 g/mol. The van der Waals surface area contributed by atoms with Crippen LogP contribution in [-0.4, -0.2) is 33.4 Å². The molecule has 38 heavy (non-hydrogen) atoms. The Morgan fingerprint density at radius 1 is 1.00 bits per heavy atom. The molecule has 1 N–H and O–H groups in total. The number of ether oxygens (including phenoxy) is 4. The van der Waals surface area contributed by atoms with Gasteiger partial charge in [-0.1, -0.05) is 17.2 Å². The Kier molecular flexibility index (Phi) is 7.54. The third-order valence-electron chi connectivity index (χ3n) is 6.39. The molecule has 0 spiro atoms. The fourth-order valence-corrected chi connectivity index (χ4v) is 4.71.